The first-order valence-corrected chi connectivity index (χ1v) is 7.20. The van der Waals surface area contributed by atoms with Crippen LogP contribution in [0.2, 0.25) is 0 Å². The van der Waals surface area contributed by atoms with Crippen LogP contribution in [-0.2, 0) is 16.0 Å². The number of nitrogens with zero attached hydrogens (tertiary/aromatic N) is 2. The summed E-state index contributed by atoms with van der Waals surface area (Å²) in [7, 11) is 0. The van der Waals surface area contributed by atoms with Gasteiger partial charge in [0.15, 0.2) is 4.96 Å². The Morgan fingerprint density at radius 1 is 1.50 bits per heavy atom. The summed E-state index contributed by atoms with van der Waals surface area (Å²) in [5.41, 5.74) is 1.71. The third-order valence-electron chi connectivity index (χ3n) is 2.99. The molecule has 0 aliphatic heterocycles. The molecule has 0 aromatic carbocycles. The van der Waals surface area contributed by atoms with Gasteiger partial charge in [-0.25, -0.2) is 9.78 Å². The standard InChI is InChI=1S/C13H17N3O3S/c1-7(2)11(12(18)19)15-10(17)4-9-6-20-13-14-8(3)5-16(9)13/h5-7,11H,4H2,1-3H3,(H,15,17)(H,18,19)/t11-/m1/s1. The van der Waals surface area contributed by atoms with Crippen LogP contribution < -0.4 is 5.32 Å². The molecular formula is C13H17N3O3S. The summed E-state index contributed by atoms with van der Waals surface area (Å²) < 4.78 is 1.87. The van der Waals surface area contributed by atoms with E-state index in [9.17, 15) is 9.59 Å². The zero-order valence-electron chi connectivity index (χ0n) is 11.6. The van der Waals surface area contributed by atoms with Gasteiger partial charge in [0.2, 0.25) is 5.91 Å². The first-order chi connectivity index (χ1) is 9.38. The van der Waals surface area contributed by atoms with Gasteiger partial charge in [0.1, 0.15) is 6.04 Å². The zero-order chi connectivity index (χ0) is 14.9. The average Bonchev–Trinajstić information content (AvgIpc) is 2.86. The second kappa shape index (κ2) is 5.62. The lowest BCUT2D eigenvalue weighted by molar-refractivity contribution is -0.143. The van der Waals surface area contributed by atoms with E-state index < -0.39 is 12.0 Å². The summed E-state index contributed by atoms with van der Waals surface area (Å²) in [6.07, 6.45) is 2.01. The van der Waals surface area contributed by atoms with E-state index >= 15 is 0 Å². The molecule has 2 aromatic heterocycles. The molecule has 20 heavy (non-hydrogen) atoms. The van der Waals surface area contributed by atoms with Crippen LogP contribution in [0.4, 0.5) is 0 Å². The fourth-order valence-electron chi connectivity index (χ4n) is 1.97. The number of carbonyl (C=O) groups excluding carboxylic acids is 1. The Morgan fingerprint density at radius 2 is 2.20 bits per heavy atom. The van der Waals surface area contributed by atoms with Crippen molar-refractivity contribution in [3.05, 3.63) is 23.0 Å². The van der Waals surface area contributed by atoms with Gasteiger partial charge in [0.25, 0.3) is 0 Å². The van der Waals surface area contributed by atoms with E-state index in [1.807, 2.05) is 22.9 Å². The Labute approximate surface area is 120 Å². The number of carboxylic acid groups (broad SMARTS) is 1. The van der Waals surface area contributed by atoms with Crippen molar-refractivity contribution < 1.29 is 14.7 Å². The topological polar surface area (TPSA) is 83.7 Å². The number of amides is 1. The lowest BCUT2D eigenvalue weighted by atomic mass is 10.0. The van der Waals surface area contributed by atoms with Crippen molar-refractivity contribution in [3.8, 4) is 0 Å². The molecule has 0 unspecified atom stereocenters. The second-order valence-corrected chi connectivity index (χ2v) is 5.90. The molecule has 0 saturated carbocycles. The molecule has 0 fully saturated rings. The van der Waals surface area contributed by atoms with Crippen LogP contribution in [0, 0.1) is 12.8 Å². The van der Waals surface area contributed by atoms with Gasteiger partial charge in [-0.2, -0.15) is 0 Å². The van der Waals surface area contributed by atoms with Crippen LogP contribution >= 0.6 is 11.3 Å². The van der Waals surface area contributed by atoms with Crippen molar-refractivity contribution in [1.82, 2.24) is 14.7 Å². The van der Waals surface area contributed by atoms with E-state index in [4.69, 9.17) is 5.11 Å². The number of hydrogen-bond donors (Lipinski definition) is 2. The molecule has 6 nitrogen and oxygen atoms in total. The number of nitrogens with one attached hydrogen (secondary N) is 1. The maximum atomic E-state index is 12.0. The molecule has 2 rings (SSSR count). The Morgan fingerprint density at radius 3 is 2.80 bits per heavy atom. The molecule has 0 saturated heterocycles. The lowest BCUT2D eigenvalue weighted by Crippen LogP contribution is -2.45. The van der Waals surface area contributed by atoms with Gasteiger partial charge in [0.05, 0.1) is 12.1 Å². The fourth-order valence-corrected chi connectivity index (χ4v) is 2.89. The van der Waals surface area contributed by atoms with Crippen LogP contribution in [-0.4, -0.2) is 32.4 Å². The number of aryl methyl sites for hydroxylation is 1. The van der Waals surface area contributed by atoms with Gasteiger partial charge < -0.3 is 10.4 Å². The first-order valence-electron chi connectivity index (χ1n) is 6.32. The number of fused-ring (bicyclic) bond motifs is 1. The molecule has 2 aromatic rings. The number of carboxylic acids is 1. The Hall–Kier alpha value is -1.89. The number of rotatable bonds is 5. The third-order valence-corrected chi connectivity index (χ3v) is 3.88. The molecule has 0 radical (unpaired) electrons. The van der Waals surface area contributed by atoms with Crippen LogP contribution in [0.1, 0.15) is 25.2 Å². The highest BCUT2D eigenvalue weighted by molar-refractivity contribution is 7.15. The summed E-state index contributed by atoms with van der Waals surface area (Å²) in [4.78, 5) is 28.2. The van der Waals surface area contributed by atoms with Crippen LogP contribution in [0.3, 0.4) is 0 Å². The molecule has 1 amide bonds. The van der Waals surface area contributed by atoms with Gasteiger partial charge in [-0.05, 0) is 12.8 Å². The second-order valence-electron chi connectivity index (χ2n) is 5.07. The van der Waals surface area contributed by atoms with Gasteiger partial charge in [0, 0.05) is 17.3 Å². The average molecular weight is 295 g/mol. The Bertz CT molecular complexity index is 644. The van der Waals surface area contributed by atoms with Crippen molar-refractivity contribution in [2.75, 3.05) is 0 Å². The minimum atomic E-state index is -1.01. The van der Waals surface area contributed by atoms with E-state index in [0.29, 0.717) is 0 Å². The SMILES string of the molecule is Cc1cn2c(CC(=O)N[C@@H](C(=O)O)C(C)C)csc2n1. The molecule has 108 valence electrons. The monoisotopic (exact) mass is 295 g/mol. The van der Waals surface area contributed by atoms with Gasteiger partial charge in [-0.15, -0.1) is 11.3 Å². The molecule has 0 aliphatic carbocycles. The number of aromatic nitrogens is 2. The van der Waals surface area contributed by atoms with Crippen LogP contribution in [0.5, 0.6) is 0 Å². The van der Waals surface area contributed by atoms with Gasteiger partial charge in [-0.1, -0.05) is 13.8 Å². The minimum absolute atomic E-state index is 0.145. The quantitative estimate of drug-likeness (QED) is 0.875. The molecule has 0 bridgehead atoms. The Kier molecular flexibility index (Phi) is 4.08. The van der Waals surface area contributed by atoms with Gasteiger partial charge >= 0.3 is 5.97 Å². The highest BCUT2D eigenvalue weighted by Crippen LogP contribution is 2.17. The molecule has 2 heterocycles. The summed E-state index contributed by atoms with van der Waals surface area (Å²) in [6.45, 7) is 5.42. The molecule has 7 heteroatoms. The van der Waals surface area contributed by atoms with E-state index in [2.05, 4.69) is 10.3 Å². The number of aliphatic carboxylic acids is 1. The number of carbonyl (C=O) groups is 2. The van der Waals surface area contributed by atoms with Crippen LogP contribution in [0.15, 0.2) is 11.6 Å². The van der Waals surface area contributed by atoms with E-state index in [-0.39, 0.29) is 18.2 Å². The third kappa shape index (κ3) is 2.98. The van der Waals surface area contributed by atoms with Crippen LogP contribution in [0.25, 0.3) is 4.96 Å². The normalized spacial score (nSPS) is 12.8. The highest BCUT2D eigenvalue weighted by atomic mass is 32.1. The Balaban J connectivity index is 2.09. The van der Waals surface area contributed by atoms with Crippen molar-refractivity contribution in [2.24, 2.45) is 5.92 Å². The van der Waals surface area contributed by atoms with Crippen molar-refractivity contribution >= 4 is 28.2 Å². The number of thiazole rings is 1. The summed E-state index contributed by atoms with van der Waals surface area (Å²) in [6, 6.07) is -0.860. The van der Waals surface area contributed by atoms with Crippen molar-refractivity contribution in [3.63, 3.8) is 0 Å². The maximum Gasteiger partial charge on any atom is 0.326 e. The molecular weight excluding hydrogens is 278 g/mol. The largest absolute Gasteiger partial charge is 0.480 e. The predicted octanol–water partition coefficient (Wildman–Crippen LogP) is 1.47. The zero-order valence-corrected chi connectivity index (χ0v) is 12.4. The van der Waals surface area contributed by atoms with Crippen molar-refractivity contribution in [1.29, 1.82) is 0 Å². The van der Waals surface area contributed by atoms with E-state index in [1.165, 1.54) is 11.3 Å². The summed E-state index contributed by atoms with van der Waals surface area (Å²) in [5.74, 6) is -1.46. The smallest absolute Gasteiger partial charge is 0.326 e. The number of imidazole rings is 1. The predicted molar refractivity (Wildman–Crippen MR) is 75.9 cm³/mol. The summed E-state index contributed by atoms with van der Waals surface area (Å²) >= 11 is 1.46. The molecule has 0 spiro atoms. The van der Waals surface area contributed by atoms with E-state index in [1.54, 1.807) is 13.8 Å². The van der Waals surface area contributed by atoms with E-state index in [0.717, 1.165) is 16.3 Å². The first kappa shape index (κ1) is 14.5. The fraction of sp³-hybridized carbons (Fsp3) is 0.462. The highest BCUT2D eigenvalue weighted by Gasteiger charge is 2.23. The minimum Gasteiger partial charge on any atom is -0.480 e. The molecule has 0 aliphatic rings. The number of hydrogen-bond acceptors (Lipinski definition) is 4. The molecule has 1 atom stereocenters. The summed E-state index contributed by atoms with van der Waals surface area (Å²) in [5, 5.41) is 13.5. The maximum absolute atomic E-state index is 12.0. The molecule has 2 N–H and O–H groups in total. The van der Waals surface area contributed by atoms with Gasteiger partial charge in [-0.3, -0.25) is 9.20 Å². The lowest BCUT2D eigenvalue weighted by Gasteiger charge is -2.17. The van der Waals surface area contributed by atoms with Crippen molar-refractivity contribution in [2.45, 2.75) is 33.2 Å².